The zero-order valence-corrected chi connectivity index (χ0v) is 11.8. The Labute approximate surface area is 112 Å². The number of nitrogens with zero attached hydrogens (tertiary/aromatic N) is 2. The lowest BCUT2D eigenvalue weighted by atomic mass is 10.2. The van der Waals surface area contributed by atoms with Crippen LogP contribution in [0.5, 0.6) is 0 Å². The fourth-order valence-corrected chi connectivity index (χ4v) is 3.43. The number of thioether (sulfide) groups is 1. The predicted octanol–water partition coefficient (Wildman–Crippen LogP) is 1.26. The van der Waals surface area contributed by atoms with Crippen LogP contribution in [0, 0.1) is 0 Å². The van der Waals surface area contributed by atoms with Gasteiger partial charge in [0.15, 0.2) is 0 Å². The number of pyridine rings is 1. The van der Waals surface area contributed by atoms with Gasteiger partial charge in [-0.05, 0) is 13.0 Å². The minimum absolute atomic E-state index is 0.0243. The van der Waals surface area contributed by atoms with Crippen LogP contribution in [0.4, 0.5) is 5.69 Å². The summed E-state index contributed by atoms with van der Waals surface area (Å²) in [6, 6.07) is 3.76. The van der Waals surface area contributed by atoms with E-state index in [4.69, 9.17) is 5.73 Å². The van der Waals surface area contributed by atoms with Crippen molar-refractivity contribution in [3.8, 4) is 0 Å². The number of nitrogen functional groups attached to an aromatic ring is 1. The minimum atomic E-state index is 0.0243. The quantitative estimate of drug-likeness (QED) is 0.895. The van der Waals surface area contributed by atoms with Gasteiger partial charge in [0.25, 0.3) is 5.56 Å². The molecule has 1 aliphatic rings. The smallest absolute Gasteiger partial charge is 0.250 e. The summed E-state index contributed by atoms with van der Waals surface area (Å²) in [5.74, 6) is 1.18. The Morgan fingerprint density at radius 2 is 2.17 bits per heavy atom. The number of aromatic nitrogens is 1. The van der Waals surface area contributed by atoms with Gasteiger partial charge in [0.05, 0.1) is 0 Å². The average Bonchev–Trinajstić information content (AvgIpc) is 2.35. The predicted molar refractivity (Wildman–Crippen MR) is 78.1 cm³/mol. The van der Waals surface area contributed by atoms with E-state index in [0.717, 1.165) is 13.1 Å². The summed E-state index contributed by atoms with van der Waals surface area (Å²) in [4.78, 5) is 14.1. The van der Waals surface area contributed by atoms with Gasteiger partial charge in [0, 0.05) is 54.6 Å². The van der Waals surface area contributed by atoms with Crippen molar-refractivity contribution < 1.29 is 0 Å². The van der Waals surface area contributed by atoms with Crippen LogP contribution in [0.3, 0.4) is 0 Å². The third-order valence-corrected chi connectivity index (χ3v) is 4.99. The molecule has 4 nitrogen and oxygen atoms in total. The Balaban J connectivity index is 1.98. The highest BCUT2D eigenvalue weighted by atomic mass is 32.2. The second-order valence-electron chi connectivity index (χ2n) is 4.85. The second-order valence-corrected chi connectivity index (χ2v) is 6.33. The van der Waals surface area contributed by atoms with Crippen LogP contribution in [-0.4, -0.2) is 39.6 Å². The lowest BCUT2D eigenvalue weighted by Crippen LogP contribution is -2.46. The van der Waals surface area contributed by atoms with Gasteiger partial charge in [-0.15, -0.1) is 0 Å². The summed E-state index contributed by atoms with van der Waals surface area (Å²) in [6.07, 6.45) is 1.73. The van der Waals surface area contributed by atoms with Crippen molar-refractivity contribution in [3.63, 3.8) is 0 Å². The molecule has 2 unspecified atom stereocenters. The van der Waals surface area contributed by atoms with Crippen molar-refractivity contribution in [2.75, 3.05) is 24.6 Å². The lowest BCUT2D eigenvalue weighted by Gasteiger charge is -2.37. The molecule has 1 aromatic heterocycles. The van der Waals surface area contributed by atoms with Gasteiger partial charge >= 0.3 is 0 Å². The largest absolute Gasteiger partial charge is 0.398 e. The first kappa shape index (κ1) is 13.5. The fourth-order valence-electron chi connectivity index (χ4n) is 2.27. The van der Waals surface area contributed by atoms with E-state index >= 15 is 0 Å². The lowest BCUT2D eigenvalue weighted by molar-refractivity contribution is 0.204. The number of rotatable bonds is 3. The molecule has 1 fully saturated rings. The van der Waals surface area contributed by atoms with Gasteiger partial charge in [-0.2, -0.15) is 11.8 Å². The number of nitrogens with two attached hydrogens (primary N) is 1. The van der Waals surface area contributed by atoms with Crippen LogP contribution < -0.4 is 11.3 Å². The van der Waals surface area contributed by atoms with Gasteiger partial charge in [0.2, 0.25) is 0 Å². The highest BCUT2D eigenvalue weighted by Crippen LogP contribution is 2.23. The second kappa shape index (κ2) is 5.80. The molecule has 18 heavy (non-hydrogen) atoms. The van der Waals surface area contributed by atoms with E-state index in [0.29, 0.717) is 23.5 Å². The fraction of sp³-hybridized carbons (Fsp3) is 0.615. The first-order valence-corrected chi connectivity index (χ1v) is 7.44. The summed E-state index contributed by atoms with van der Waals surface area (Å²) in [7, 11) is 0. The Morgan fingerprint density at radius 3 is 2.94 bits per heavy atom. The Morgan fingerprint density at radius 1 is 1.39 bits per heavy atom. The molecule has 1 saturated heterocycles. The van der Waals surface area contributed by atoms with Crippen LogP contribution >= 0.6 is 11.8 Å². The third kappa shape index (κ3) is 3.09. The van der Waals surface area contributed by atoms with E-state index in [9.17, 15) is 4.79 Å². The third-order valence-electron chi connectivity index (χ3n) is 3.65. The summed E-state index contributed by atoms with van der Waals surface area (Å²) in [5, 5.41) is 0.663. The highest BCUT2D eigenvalue weighted by Gasteiger charge is 2.24. The van der Waals surface area contributed by atoms with Crippen molar-refractivity contribution in [3.05, 3.63) is 28.7 Å². The maximum atomic E-state index is 11.7. The molecule has 2 atom stereocenters. The van der Waals surface area contributed by atoms with Crippen molar-refractivity contribution in [1.29, 1.82) is 0 Å². The molecular formula is C13H21N3OS. The van der Waals surface area contributed by atoms with Crippen molar-refractivity contribution >= 4 is 17.4 Å². The van der Waals surface area contributed by atoms with Crippen molar-refractivity contribution in [2.45, 2.75) is 31.7 Å². The van der Waals surface area contributed by atoms with Crippen LogP contribution in [0.1, 0.15) is 13.8 Å². The molecule has 2 N–H and O–H groups in total. The van der Waals surface area contributed by atoms with Gasteiger partial charge in [0.1, 0.15) is 0 Å². The molecule has 5 heteroatoms. The molecular weight excluding hydrogens is 246 g/mol. The summed E-state index contributed by atoms with van der Waals surface area (Å²) in [5.41, 5.74) is 6.38. The maximum Gasteiger partial charge on any atom is 0.250 e. The van der Waals surface area contributed by atoms with Gasteiger partial charge in [-0.3, -0.25) is 9.69 Å². The van der Waals surface area contributed by atoms with Crippen LogP contribution in [0.2, 0.25) is 0 Å². The molecule has 1 aromatic rings. The molecule has 2 rings (SSSR count). The van der Waals surface area contributed by atoms with Crippen molar-refractivity contribution in [2.24, 2.45) is 0 Å². The van der Waals surface area contributed by atoms with Crippen LogP contribution in [-0.2, 0) is 6.54 Å². The van der Waals surface area contributed by atoms with E-state index in [1.54, 1.807) is 16.8 Å². The van der Waals surface area contributed by atoms with Gasteiger partial charge in [-0.25, -0.2) is 0 Å². The molecule has 0 saturated carbocycles. The van der Waals surface area contributed by atoms with Crippen LogP contribution in [0.25, 0.3) is 0 Å². The normalized spacial score (nSPS) is 25.2. The van der Waals surface area contributed by atoms with Gasteiger partial charge in [-0.1, -0.05) is 6.92 Å². The maximum absolute atomic E-state index is 11.7. The Kier molecular flexibility index (Phi) is 4.35. The number of hydrogen-bond acceptors (Lipinski definition) is 4. The minimum Gasteiger partial charge on any atom is -0.398 e. The molecule has 1 aliphatic heterocycles. The first-order valence-electron chi connectivity index (χ1n) is 6.39. The number of anilines is 1. The monoisotopic (exact) mass is 267 g/mol. The zero-order chi connectivity index (χ0) is 13.1. The zero-order valence-electron chi connectivity index (χ0n) is 11.0. The van der Waals surface area contributed by atoms with E-state index in [2.05, 4.69) is 18.7 Å². The molecule has 0 amide bonds. The first-order chi connectivity index (χ1) is 8.58. The molecule has 0 spiro atoms. The summed E-state index contributed by atoms with van der Waals surface area (Å²) in [6.45, 7) is 7.27. The summed E-state index contributed by atoms with van der Waals surface area (Å²) < 4.78 is 1.70. The molecule has 100 valence electrons. The Hall–Kier alpha value is -0.940. The van der Waals surface area contributed by atoms with E-state index < -0.39 is 0 Å². The molecule has 0 aliphatic carbocycles. The average molecular weight is 267 g/mol. The van der Waals surface area contributed by atoms with E-state index in [1.807, 2.05) is 11.8 Å². The molecule has 0 bridgehead atoms. The molecule has 2 heterocycles. The van der Waals surface area contributed by atoms with Crippen molar-refractivity contribution in [1.82, 2.24) is 9.47 Å². The molecule has 0 aromatic carbocycles. The van der Waals surface area contributed by atoms with Crippen LogP contribution in [0.15, 0.2) is 23.1 Å². The standard InChI is InChI=1S/C13H21N3OS/c1-10-11(2)18-8-7-15(10)5-6-16-9-12(14)3-4-13(16)17/h3-4,9-11H,5-8,14H2,1-2H3. The van der Waals surface area contributed by atoms with E-state index in [1.165, 1.54) is 11.8 Å². The summed E-state index contributed by atoms with van der Waals surface area (Å²) >= 11 is 2.03. The van der Waals surface area contributed by atoms with E-state index in [-0.39, 0.29) is 5.56 Å². The van der Waals surface area contributed by atoms with Gasteiger partial charge < -0.3 is 10.3 Å². The number of hydrogen-bond donors (Lipinski definition) is 1. The SMILES string of the molecule is CC1SCCN(CCn2cc(N)ccc2=O)C1C. The highest BCUT2D eigenvalue weighted by molar-refractivity contribution is 8.00. The Bertz CT molecular complexity index is 460. The molecule has 0 radical (unpaired) electrons. The topological polar surface area (TPSA) is 51.3 Å².